The molecule has 1 aliphatic heterocycles. The molecule has 120 valence electrons. The Kier molecular flexibility index (Phi) is 5.35. The van der Waals surface area contributed by atoms with Gasteiger partial charge in [-0.15, -0.1) is 0 Å². The molecule has 0 aliphatic carbocycles. The molecule has 0 bridgehead atoms. The van der Waals surface area contributed by atoms with Crippen molar-refractivity contribution in [2.75, 3.05) is 18.4 Å². The molecule has 22 heavy (non-hydrogen) atoms. The van der Waals surface area contributed by atoms with Crippen molar-refractivity contribution in [1.82, 2.24) is 4.90 Å². The molecule has 0 spiro atoms. The van der Waals surface area contributed by atoms with E-state index in [1.807, 2.05) is 6.92 Å². The van der Waals surface area contributed by atoms with Crippen LogP contribution in [0.5, 0.6) is 0 Å². The molecule has 3 N–H and O–H groups in total. The van der Waals surface area contributed by atoms with Crippen LogP contribution in [0.25, 0.3) is 0 Å². The van der Waals surface area contributed by atoms with Crippen molar-refractivity contribution < 1.29 is 14.0 Å². The monoisotopic (exact) mass is 307 g/mol. The Hall–Kier alpha value is -2.11. The molecule has 1 fully saturated rings. The number of nitrogens with two attached hydrogens (primary N) is 1. The molecular weight excluding hydrogens is 285 g/mol. The van der Waals surface area contributed by atoms with Gasteiger partial charge in [-0.3, -0.25) is 4.79 Å². The zero-order valence-corrected chi connectivity index (χ0v) is 12.8. The van der Waals surface area contributed by atoms with Crippen LogP contribution < -0.4 is 11.1 Å². The highest BCUT2D eigenvalue weighted by Gasteiger charge is 2.24. The summed E-state index contributed by atoms with van der Waals surface area (Å²) in [5, 5.41) is 2.71. The summed E-state index contributed by atoms with van der Waals surface area (Å²) < 4.78 is 13.7. The molecule has 1 saturated heterocycles. The summed E-state index contributed by atoms with van der Waals surface area (Å²) >= 11 is 0. The third kappa shape index (κ3) is 4.19. The van der Waals surface area contributed by atoms with E-state index in [1.165, 1.54) is 6.07 Å². The summed E-state index contributed by atoms with van der Waals surface area (Å²) in [4.78, 5) is 24.9. The SMILES string of the molecule is CCc1ccc(NC(=O)N2CCC[C@@H](CC(N)=O)C2)cc1F. The fourth-order valence-corrected chi connectivity index (χ4v) is 2.81. The minimum Gasteiger partial charge on any atom is -0.370 e. The van der Waals surface area contributed by atoms with Crippen LogP contribution in [0, 0.1) is 11.7 Å². The van der Waals surface area contributed by atoms with Crippen LogP contribution in [-0.2, 0) is 11.2 Å². The van der Waals surface area contributed by atoms with Crippen molar-refractivity contribution in [3.8, 4) is 0 Å². The number of halogens is 1. The molecule has 1 heterocycles. The van der Waals surface area contributed by atoms with E-state index in [0.717, 1.165) is 12.8 Å². The number of rotatable bonds is 4. The summed E-state index contributed by atoms with van der Waals surface area (Å²) in [7, 11) is 0. The van der Waals surface area contributed by atoms with Crippen molar-refractivity contribution in [1.29, 1.82) is 0 Å². The summed E-state index contributed by atoms with van der Waals surface area (Å²) in [6.45, 7) is 3.02. The molecule has 0 aromatic heterocycles. The number of anilines is 1. The molecule has 0 unspecified atom stereocenters. The average Bonchev–Trinajstić information content (AvgIpc) is 2.47. The Morgan fingerprint density at radius 1 is 1.45 bits per heavy atom. The molecule has 1 aromatic carbocycles. The summed E-state index contributed by atoms with van der Waals surface area (Å²) in [6.07, 6.45) is 2.64. The number of hydrogen-bond donors (Lipinski definition) is 2. The summed E-state index contributed by atoms with van der Waals surface area (Å²) in [6, 6.07) is 4.45. The number of likely N-dealkylation sites (tertiary alicyclic amines) is 1. The van der Waals surface area contributed by atoms with Gasteiger partial charge < -0.3 is 16.0 Å². The van der Waals surface area contributed by atoms with Gasteiger partial charge in [0.1, 0.15) is 5.82 Å². The maximum atomic E-state index is 13.7. The predicted octanol–water partition coefficient (Wildman–Crippen LogP) is 2.51. The standard InChI is InChI=1S/C16H22FN3O2/c1-2-12-5-6-13(9-14(12)17)19-16(22)20-7-3-4-11(10-20)8-15(18)21/h5-6,9,11H,2-4,7-8,10H2,1H3,(H2,18,21)(H,19,22)/t11-/m0/s1. The number of carbonyl (C=O) groups excluding carboxylic acids is 2. The van der Waals surface area contributed by atoms with Crippen molar-refractivity contribution in [3.63, 3.8) is 0 Å². The van der Waals surface area contributed by atoms with Gasteiger partial charge in [0.05, 0.1) is 0 Å². The minimum atomic E-state index is -0.343. The van der Waals surface area contributed by atoms with Crippen molar-refractivity contribution in [3.05, 3.63) is 29.6 Å². The number of aryl methyl sites for hydroxylation is 1. The van der Waals surface area contributed by atoms with Crippen LogP contribution >= 0.6 is 0 Å². The lowest BCUT2D eigenvalue weighted by Crippen LogP contribution is -2.43. The van der Waals surface area contributed by atoms with Gasteiger partial charge in [0.15, 0.2) is 0 Å². The molecule has 0 saturated carbocycles. The molecule has 3 amide bonds. The van der Waals surface area contributed by atoms with E-state index in [-0.39, 0.29) is 23.7 Å². The molecule has 5 nitrogen and oxygen atoms in total. The Bertz CT molecular complexity index is 562. The summed E-state index contributed by atoms with van der Waals surface area (Å²) in [5.74, 6) is -0.550. The zero-order chi connectivity index (χ0) is 16.1. The van der Waals surface area contributed by atoms with E-state index < -0.39 is 0 Å². The van der Waals surface area contributed by atoms with Crippen molar-refractivity contribution >= 4 is 17.6 Å². The van der Waals surface area contributed by atoms with E-state index in [4.69, 9.17) is 5.73 Å². The molecule has 1 atom stereocenters. The highest BCUT2D eigenvalue weighted by Crippen LogP contribution is 2.21. The van der Waals surface area contributed by atoms with Gasteiger partial charge in [-0.05, 0) is 42.9 Å². The smallest absolute Gasteiger partial charge is 0.321 e. The molecule has 2 rings (SSSR count). The van der Waals surface area contributed by atoms with Gasteiger partial charge in [-0.1, -0.05) is 13.0 Å². The van der Waals surface area contributed by atoms with Crippen LogP contribution in [0.15, 0.2) is 18.2 Å². The Morgan fingerprint density at radius 2 is 2.23 bits per heavy atom. The lowest BCUT2D eigenvalue weighted by molar-refractivity contribution is -0.119. The van der Waals surface area contributed by atoms with Gasteiger partial charge in [0.25, 0.3) is 0 Å². The molecule has 0 radical (unpaired) electrons. The third-order valence-electron chi connectivity index (χ3n) is 3.98. The number of amides is 3. The average molecular weight is 307 g/mol. The fraction of sp³-hybridized carbons (Fsp3) is 0.500. The number of piperidine rings is 1. The zero-order valence-electron chi connectivity index (χ0n) is 12.8. The second-order valence-corrected chi connectivity index (χ2v) is 5.71. The molecule has 1 aliphatic rings. The van der Waals surface area contributed by atoms with Crippen LogP contribution in [0.2, 0.25) is 0 Å². The number of carbonyl (C=O) groups is 2. The minimum absolute atomic E-state index is 0.108. The highest BCUT2D eigenvalue weighted by atomic mass is 19.1. The van der Waals surface area contributed by atoms with E-state index >= 15 is 0 Å². The largest absolute Gasteiger partial charge is 0.370 e. The lowest BCUT2D eigenvalue weighted by Gasteiger charge is -2.32. The van der Waals surface area contributed by atoms with E-state index in [1.54, 1.807) is 17.0 Å². The maximum absolute atomic E-state index is 13.7. The Balaban J connectivity index is 1.96. The number of urea groups is 1. The number of nitrogens with one attached hydrogen (secondary N) is 1. The van der Waals surface area contributed by atoms with Gasteiger partial charge in [-0.25, -0.2) is 9.18 Å². The maximum Gasteiger partial charge on any atom is 0.321 e. The topological polar surface area (TPSA) is 75.4 Å². The van der Waals surface area contributed by atoms with Crippen molar-refractivity contribution in [2.45, 2.75) is 32.6 Å². The van der Waals surface area contributed by atoms with E-state index in [0.29, 0.717) is 37.2 Å². The van der Waals surface area contributed by atoms with E-state index in [9.17, 15) is 14.0 Å². The van der Waals surface area contributed by atoms with Crippen LogP contribution in [0.1, 0.15) is 31.7 Å². The number of nitrogens with zero attached hydrogens (tertiary/aromatic N) is 1. The number of hydrogen-bond acceptors (Lipinski definition) is 2. The van der Waals surface area contributed by atoms with E-state index in [2.05, 4.69) is 5.32 Å². The lowest BCUT2D eigenvalue weighted by atomic mass is 9.95. The second-order valence-electron chi connectivity index (χ2n) is 5.71. The molecular formula is C16H22FN3O2. The number of benzene rings is 1. The highest BCUT2D eigenvalue weighted by molar-refractivity contribution is 5.89. The Labute approximate surface area is 129 Å². The Morgan fingerprint density at radius 3 is 2.86 bits per heavy atom. The normalized spacial score (nSPS) is 18.1. The van der Waals surface area contributed by atoms with Gasteiger partial charge >= 0.3 is 6.03 Å². The first kappa shape index (κ1) is 16.3. The first-order valence-electron chi connectivity index (χ1n) is 7.62. The second kappa shape index (κ2) is 7.24. The number of primary amides is 1. The fourth-order valence-electron chi connectivity index (χ4n) is 2.81. The predicted molar refractivity (Wildman–Crippen MR) is 82.9 cm³/mol. The van der Waals surface area contributed by atoms with Gasteiger partial charge in [-0.2, -0.15) is 0 Å². The first-order valence-corrected chi connectivity index (χ1v) is 7.62. The van der Waals surface area contributed by atoms with Crippen LogP contribution in [-0.4, -0.2) is 29.9 Å². The van der Waals surface area contributed by atoms with Crippen LogP contribution in [0.4, 0.5) is 14.9 Å². The van der Waals surface area contributed by atoms with Gasteiger partial charge in [0.2, 0.25) is 5.91 Å². The summed E-state index contributed by atoms with van der Waals surface area (Å²) in [5.41, 5.74) is 6.28. The first-order chi connectivity index (χ1) is 10.5. The van der Waals surface area contributed by atoms with Gasteiger partial charge in [0, 0.05) is 25.2 Å². The van der Waals surface area contributed by atoms with Crippen LogP contribution in [0.3, 0.4) is 0 Å². The third-order valence-corrected chi connectivity index (χ3v) is 3.98. The molecule has 6 heteroatoms. The van der Waals surface area contributed by atoms with Crippen molar-refractivity contribution in [2.24, 2.45) is 11.7 Å². The quantitative estimate of drug-likeness (QED) is 0.896. The molecule has 1 aromatic rings.